The van der Waals surface area contributed by atoms with Crippen molar-refractivity contribution in [2.45, 2.75) is 141 Å². The maximum atomic E-state index is 12.3. The predicted molar refractivity (Wildman–Crippen MR) is 214 cm³/mol. The third-order valence-corrected chi connectivity index (χ3v) is 8.81. The molecule has 0 heterocycles. The molecular formula is C40H69N4O15. The summed E-state index contributed by atoms with van der Waals surface area (Å²) in [6.45, 7) is 0.763. The summed E-state index contributed by atoms with van der Waals surface area (Å²) in [5.74, 6) is -4.67. The maximum Gasteiger partial charge on any atom is 0.326 e. The Morgan fingerprint density at radius 1 is 0.441 bits per heavy atom. The van der Waals surface area contributed by atoms with Gasteiger partial charge < -0.3 is 55.5 Å². The number of aliphatic carboxylic acids is 3. The second kappa shape index (κ2) is 39.3. The average molecular weight is 846 g/mol. The van der Waals surface area contributed by atoms with E-state index in [1.54, 1.807) is 6.29 Å². The lowest BCUT2D eigenvalue weighted by molar-refractivity contribution is -0.142. The Hall–Kier alpha value is -4.20. The Morgan fingerprint density at radius 3 is 1.36 bits per heavy atom. The van der Waals surface area contributed by atoms with Crippen LogP contribution in [-0.2, 0) is 57.3 Å². The minimum absolute atomic E-state index is 0.0410. The molecule has 0 unspecified atom stereocenters. The quantitative estimate of drug-likeness (QED) is 0.0434. The lowest BCUT2D eigenvalue weighted by Gasteiger charge is -2.14. The van der Waals surface area contributed by atoms with Gasteiger partial charge in [0.2, 0.25) is 29.9 Å². The highest BCUT2D eigenvalue weighted by Crippen LogP contribution is 2.14. The molecule has 0 aromatic rings. The van der Waals surface area contributed by atoms with Crippen LogP contribution in [0.25, 0.3) is 0 Å². The zero-order valence-electron chi connectivity index (χ0n) is 34.6. The molecular weight excluding hydrogens is 776 g/mol. The number of ether oxygens (including phenoxy) is 4. The van der Waals surface area contributed by atoms with Crippen LogP contribution in [0.1, 0.15) is 128 Å². The van der Waals surface area contributed by atoms with Crippen molar-refractivity contribution in [2.24, 2.45) is 0 Å². The molecule has 1 radical (unpaired) electrons. The number of nitrogens with one attached hydrogen (secondary N) is 4. The van der Waals surface area contributed by atoms with Crippen LogP contribution in [0.4, 0.5) is 0 Å². The summed E-state index contributed by atoms with van der Waals surface area (Å²) in [7, 11) is 0. The van der Waals surface area contributed by atoms with Crippen molar-refractivity contribution < 1.29 is 72.6 Å². The summed E-state index contributed by atoms with van der Waals surface area (Å²) in [6, 6.07) is -2.18. The molecule has 0 aliphatic carbocycles. The molecule has 0 saturated heterocycles. The first-order valence-corrected chi connectivity index (χ1v) is 20.9. The van der Waals surface area contributed by atoms with Gasteiger partial charge in [-0.25, -0.2) is 4.79 Å². The van der Waals surface area contributed by atoms with Crippen LogP contribution in [0.15, 0.2) is 0 Å². The molecule has 0 aliphatic heterocycles. The van der Waals surface area contributed by atoms with E-state index in [4.69, 9.17) is 29.2 Å². The SMILES string of the molecule is O=[C][C@H](CCC(=O)O)NC(=O)COCCOCCNC(=O)COCCOCCNC(=O)CC[C@H](NC(=O)CCCCCCCCCCCCCCCCC(=O)O)C(=O)O. The molecule has 0 aliphatic rings. The van der Waals surface area contributed by atoms with Gasteiger partial charge in [0.1, 0.15) is 19.3 Å². The Labute approximate surface area is 347 Å². The third kappa shape index (κ3) is 39.1. The average Bonchev–Trinajstić information content (AvgIpc) is 3.19. The second-order valence-electron chi connectivity index (χ2n) is 14.0. The fourth-order valence-electron chi connectivity index (χ4n) is 5.58. The highest BCUT2D eigenvalue weighted by molar-refractivity contribution is 5.84. The Balaban J connectivity index is 3.70. The standard InChI is InChI=1S/C40H69N4O15/c45-29-32(17-20-39(52)53)43-37(49)31-59-28-26-57-24-22-42-36(48)30-58-27-25-56-23-21-41-34(46)19-18-33(40(54)55)44-35(47)15-13-11-9-7-5-3-1-2-4-6-8-10-12-14-16-38(50)51/h32-33H,1-28,30-31H2,(H,41,46)(H,42,48)(H,43,49)(H,44,47)(H,50,51)(H,52,53)(H,54,55)/t32-,33-/m0/s1. The van der Waals surface area contributed by atoms with Crippen LogP contribution in [-0.4, -0.2) is 141 Å². The van der Waals surface area contributed by atoms with Gasteiger partial charge in [-0.2, -0.15) is 0 Å². The lowest BCUT2D eigenvalue weighted by Crippen LogP contribution is -2.41. The number of hydrogen-bond acceptors (Lipinski definition) is 12. The zero-order chi connectivity index (χ0) is 43.8. The van der Waals surface area contributed by atoms with E-state index in [0.29, 0.717) is 6.42 Å². The first kappa shape index (κ1) is 54.8. The van der Waals surface area contributed by atoms with Gasteiger partial charge in [0.05, 0.1) is 45.7 Å². The monoisotopic (exact) mass is 845 g/mol. The molecule has 4 amide bonds. The zero-order valence-corrected chi connectivity index (χ0v) is 34.6. The summed E-state index contributed by atoms with van der Waals surface area (Å²) >= 11 is 0. The van der Waals surface area contributed by atoms with Crippen LogP contribution >= 0.6 is 0 Å². The number of unbranched alkanes of at least 4 members (excludes halogenated alkanes) is 13. The summed E-state index contributed by atoms with van der Waals surface area (Å²) < 4.78 is 21.0. The van der Waals surface area contributed by atoms with E-state index in [0.717, 1.165) is 44.9 Å². The molecule has 59 heavy (non-hydrogen) atoms. The number of carbonyl (C=O) groups excluding carboxylic acids is 5. The van der Waals surface area contributed by atoms with Crippen molar-refractivity contribution in [2.75, 3.05) is 65.9 Å². The van der Waals surface area contributed by atoms with Gasteiger partial charge in [0.15, 0.2) is 0 Å². The molecule has 339 valence electrons. The molecule has 0 bridgehead atoms. The lowest BCUT2D eigenvalue weighted by atomic mass is 10.0. The van der Waals surface area contributed by atoms with E-state index in [1.807, 2.05) is 0 Å². The van der Waals surface area contributed by atoms with Gasteiger partial charge in [0, 0.05) is 38.8 Å². The maximum absolute atomic E-state index is 12.3. The Kier molecular flexibility index (Phi) is 36.5. The summed E-state index contributed by atoms with van der Waals surface area (Å²) in [5, 5.41) is 36.8. The molecule has 19 nitrogen and oxygen atoms in total. The van der Waals surface area contributed by atoms with Crippen LogP contribution < -0.4 is 21.3 Å². The fraction of sp³-hybridized carbons (Fsp3) is 0.800. The Morgan fingerprint density at radius 2 is 0.881 bits per heavy atom. The van der Waals surface area contributed by atoms with Crippen LogP contribution in [0.5, 0.6) is 0 Å². The summed E-state index contributed by atoms with van der Waals surface area (Å²) in [6.07, 6.45) is 16.6. The molecule has 2 atom stereocenters. The molecule has 0 aromatic heterocycles. The van der Waals surface area contributed by atoms with Gasteiger partial charge in [-0.15, -0.1) is 0 Å². The molecule has 0 spiro atoms. The Bertz CT molecular complexity index is 1190. The number of hydrogen-bond donors (Lipinski definition) is 7. The van der Waals surface area contributed by atoms with Gasteiger partial charge in [-0.05, 0) is 25.7 Å². The first-order chi connectivity index (χ1) is 28.4. The molecule has 0 aromatic carbocycles. The van der Waals surface area contributed by atoms with E-state index in [-0.39, 0.29) is 122 Å². The van der Waals surface area contributed by atoms with Gasteiger partial charge in [0.25, 0.3) is 0 Å². The second-order valence-corrected chi connectivity index (χ2v) is 14.0. The van der Waals surface area contributed by atoms with Crippen molar-refractivity contribution in [3.63, 3.8) is 0 Å². The largest absolute Gasteiger partial charge is 0.481 e. The van der Waals surface area contributed by atoms with E-state index in [9.17, 15) is 43.5 Å². The van der Waals surface area contributed by atoms with Crippen molar-refractivity contribution in [1.82, 2.24) is 21.3 Å². The number of carboxylic acid groups (broad SMARTS) is 3. The molecule has 7 N–H and O–H groups in total. The van der Waals surface area contributed by atoms with Crippen LogP contribution in [0.3, 0.4) is 0 Å². The van der Waals surface area contributed by atoms with Crippen molar-refractivity contribution in [3.05, 3.63) is 0 Å². The van der Waals surface area contributed by atoms with Crippen molar-refractivity contribution >= 4 is 47.8 Å². The van der Waals surface area contributed by atoms with Crippen LogP contribution in [0.2, 0.25) is 0 Å². The molecule has 0 fully saturated rings. The van der Waals surface area contributed by atoms with Gasteiger partial charge in [-0.3, -0.25) is 33.6 Å². The fourth-order valence-corrected chi connectivity index (χ4v) is 5.58. The minimum atomic E-state index is -1.20. The first-order valence-electron chi connectivity index (χ1n) is 20.9. The molecule has 0 saturated carbocycles. The van der Waals surface area contributed by atoms with Crippen molar-refractivity contribution in [3.8, 4) is 0 Å². The number of carboxylic acids is 3. The number of carbonyl (C=O) groups is 7. The smallest absolute Gasteiger partial charge is 0.326 e. The van der Waals surface area contributed by atoms with E-state index >= 15 is 0 Å². The highest BCUT2D eigenvalue weighted by atomic mass is 16.5. The van der Waals surface area contributed by atoms with Crippen molar-refractivity contribution in [1.29, 1.82) is 0 Å². The summed E-state index contributed by atoms with van der Waals surface area (Å²) in [5.41, 5.74) is 0. The van der Waals surface area contributed by atoms with Gasteiger partial charge in [-0.1, -0.05) is 77.0 Å². The molecule has 0 rings (SSSR count). The van der Waals surface area contributed by atoms with E-state index < -0.39 is 35.9 Å². The topological polar surface area (TPSA) is 282 Å². The predicted octanol–water partition coefficient (Wildman–Crippen LogP) is 2.42. The third-order valence-electron chi connectivity index (χ3n) is 8.81. The summed E-state index contributed by atoms with van der Waals surface area (Å²) in [4.78, 5) is 91.5. The number of rotatable bonds is 43. The van der Waals surface area contributed by atoms with Crippen LogP contribution in [0, 0.1) is 0 Å². The number of amides is 4. The highest BCUT2D eigenvalue weighted by Gasteiger charge is 2.21. The minimum Gasteiger partial charge on any atom is -0.481 e. The van der Waals surface area contributed by atoms with E-state index in [2.05, 4.69) is 21.3 Å². The molecule has 19 heteroatoms. The van der Waals surface area contributed by atoms with Gasteiger partial charge >= 0.3 is 17.9 Å². The normalized spacial score (nSPS) is 11.9. The van der Waals surface area contributed by atoms with E-state index in [1.165, 1.54) is 38.5 Å².